The number of rotatable bonds is 1. The number of fused-ring (bicyclic) bond motifs is 1. The van der Waals surface area contributed by atoms with E-state index in [0.29, 0.717) is 19.3 Å². The van der Waals surface area contributed by atoms with Gasteiger partial charge in [-0.3, -0.25) is 5.84 Å². The maximum Gasteiger partial charge on any atom is 0.167 e. The highest BCUT2D eigenvalue weighted by atomic mass is 35.5. The molecule has 0 saturated heterocycles. The third-order valence-corrected chi connectivity index (χ3v) is 3.22. The van der Waals surface area contributed by atoms with Crippen molar-refractivity contribution in [3.63, 3.8) is 0 Å². The van der Waals surface area contributed by atoms with Crippen LogP contribution < -0.4 is 10.7 Å². The first-order valence-corrected chi connectivity index (χ1v) is 5.64. The van der Waals surface area contributed by atoms with Crippen LogP contribution in [-0.4, -0.2) is 22.7 Å². The number of hydrogen-bond acceptors (Lipinski definition) is 4. The van der Waals surface area contributed by atoms with Gasteiger partial charge in [0.15, 0.2) is 11.0 Å². The van der Waals surface area contributed by atoms with E-state index in [2.05, 4.69) is 9.88 Å². The van der Waals surface area contributed by atoms with E-state index in [9.17, 15) is 4.39 Å². The molecule has 1 aromatic heterocycles. The lowest BCUT2D eigenvalue weighted by Crippen LogP contribution is -2.47. The van der Waals surface area contributed by atoms with Crippen LogP contribution in [-0.2, 0) is 6.54 Å². The molecule has 2 aliphatic rings. The van der Waals surface area contributed by atoms with Gasteiger partial charge in [0.2, 0.25) is 0 Å². The summed E-state index contributed by atoms with van der Waals surface area (Å²) in [5.74, 6) is 6.11. The van der Waals surface area contributed by atoms with Crippen molar-refractivity contribution in [3.8, 4) is 0 Å². The minimum Gasteiger partial charge on any atom is -0.339 e. The lowest BCUT2D eigenvalue weighted by molar-refractivity contribution is 0.256. The predicted molar refractivity (Wildman–Crippen MR) is 59.3 cm³/mol. The predicted octanol–water partition coefficient (Wildman–Crippen LogP) is 1.49. The molecule has 0 spiro atoms. The SMILES string of the molecule is NN1Cc2cc(F)c(Cl)nc2N(C2CC2)C1. The number of nitrogens with zero attached hydrogens (tertiary/aromatic N) is 3. The molecule has 1 aromatic rings. The molecule has 2 N–H and O–H groups in total. The van der Waals surface area contributed by atoms with Crippen molar-refractivity contribution >= 4 is 17.4 Å². The molecule has 6 heteroatoms. The van der Waals surface area contributed by atoms with Gasteiger partial charge in [0.05, 0.1) is 6.67 Å². The standard InChI is InChI=1S/C10H12ClFN4/c11-9-8(12)3-6-4-15(13)5-16(7-1-2-7)10(6)14-9/h3,7H,1-2,4-5,13H2. The number of halogens is 2. The van der Waals surface area contributed by atoms with E-state index < -0.39 is 5.82 Å². The Balaban J connectivity index is 2.05. The van der Waals surface area contributed by atoms with Crippen LogP contribution in [0.3, 0.4) is 0 Å². The average molecular weight is 243 g/mol. The zero-order valence-corrected chi connectivity index (χ0v) is 9.41. The molecular formula is C10H12ClFN4. The van der Waals surface area contributed by atoms with Crippen molar-refractivity contribution < 1.29 is 4.39 Å². The number of hydrazine groups is 1. The van der Waals surface area contributed by atoms with Gasteiger partial charge in [-0.15, -0.1) is 0 Å². The number of pyridine rings is 1. The van der Waals surface area contributed by atoms with Crippen molar-refractivity contribution in [2.45, 2.75) is 25.4 Å². The lowest BCUT2D eigenvalue weighted by Gasteiger charge is -2.35. The topological polar surface area (TPSA) is 45.4 Å². The van der Waals surface area contributed by atoms with Gasteiger partial charge in [-0.1, -0.05) is 11.6 Å². The summed E-state index contributed by atoms with van der Waals surface area (Å²) in [4.78, 5) is 6.23. The fraction of sp³-hybridized carbons (Fsp3) is 0.500. The Morgan fingerprint density at radius 1 is 1.50 bits per heavy atom. The fourth-order valence-electron chi connectivity index (χ4n) is 2.07. The molecule has 1 aliphatic carbocycles. The molecule has 1 fully saturated rings. The van der Waals surface area contributed by atoms with Crippen molar-refractivity contribution in [2.24, 2.45) is 5.84 Å². The van der Waals surface area contributed by atoms with Crippen molar-refractivity contribution in [3.05, 3.63) is 22.6 Å². The molecule has 3 rings (SSSR count). The van der Waals surface area contributed by atoms with Gasteiger partial charge in [0.1, 0.15) is 5.82 Å². The van der Waals surface area contributed by atoms with Gasteiger partial charge in [0.25, 0.3) is 0 Å². The largest absolute Gasteiger partial charge is 0.339 e. The molecule has 0 unspecified atom stereocenters. The number of hydrogen-bond donors (Lipinski definition) is 1. The first-order chi connectivity index (χ1) is 7.65. The third-order valence-electron chi connectivity index (χ3n) is 2.96. The quantitative estimate of drug-likeness (QED) is 0.599. The first-order valence-electron chi connectivity index (χ1n) is 5.26. The molecule has 16 heavy (non-hydrogen) atoms. The van der Waals surface area contributed by atoms with Crippen LogP contribution in [0, 0.1) is 5.82 Å². The summed E-state index contributed by atoms with van der Waals surface area (Å²) < 4.78 is 13.3. The Hall–Kier alpha value is -0.910. The van der Waals surface area contributed by atoms with Crippen LogP contribution in [0.4, 0.5) is 10.2 Å². The number of aromatic nitrogens is 1. The maximum absolute atomic E-state index is 13.3. The van der Waals surface area contributed by atoms with Crippen LogP contribution in [0.25, 0.3) is 0 Å². The molecular weight excluding hydrogens is 231 g/mol. The van der Waals surface area contributed by atoms with E-state index >= 15 is 0 Å². The average Bonchev–Trinajstić information content (AvgIpc) is 3.03. The van der Waals surface area contributed by atoms with E-state index in [1.807, 2.05) is 0 Å². The van der Waals surface area contributed by atoms with Gasteiger partial charge in [0, 0.05) is 18.2 Å². The Morgan fingerprint density at radius 2 is 2.25 bits per heavy atom. The highest BCUT2D eigenvalue weighted by molar-refractivity contribution is 6.29. The van der Waals surface area contributed by atoms with Crippen LogP contribution in [0.15, 0.2) is 6.07 Å². The molecule has 2 heterocycles. The Labute approximate surface area is 97.8 Å². The van der Waals surface area contributed by atoms with Crippen LogP contribution in [0.2, 0.25) is 5.15 Å². The molecule has 0 radical (unpaired) electrons. The van der Waals surface area contributed by atoms with Gasteiger partial charge in [-0.05, 0) is 18.9 Å². The van der Waals surface area contributed by atoms with Crippen molar-refractivity contribution in [1.29, 1.82) is 0 Å². The smallest absolute Gasteiger partial charge is 0.167 e. The molecule has 1 aliphatic heterocycles. The highest BCUT2D eigenvalue weighted by Gasteiger charge is 2.35. The summed E-state index contributed by atoms with van der Waals surface area (Å²) in [5, 5.41) is 1.60. The van der Waals surface area contributed by atoms with Crippen LogP contribution >= 0.6 is 11.6 Å². The summed E-state index contributed by atoms with van der Waals surface area (Å²) >= 11 is 5.71. The summed E-state index contributed by atoms with van der Waals surface area (Å²) in [7, 11) is 0. The zero-order chi connectivity index (χ0) is 11.3. The minimum atomic E-state index is -0.480. The van der Waals surface area contributed by atoms with Gasteiger partial charge in [-0.25, -0.2) is 14.4 Å². The lowest BCUT2D eigenvalue weighted by atomic mass is 10.2. The Morgan fingerprint density at radius 3 is 2.94 bits per heavy atom. The second-order valence-corrected chi connectivity index (χ2v) is 4.69. The first kappa shape index (κ1) is 10.3. The van der Waals surface area contributed by atoms with Crippen LogP contribution in [0.5, 0.6) is 0 Å². The van der Waals surface area contributed by atoms with E-state index in [1.54, 1.807) is 5.01 Å². The molecule has 0 aromatic carbocycles. The minimum absolute atomic E-state index is 0.0603. The summed E-state index contributed by atoms with van der Waals surface area (Å²) in [6, 6.07) is 1.91. The fourth-order valence-corrected chi connectivity index (χ4v) is 2.20. The van der Waals surface area contributed by atoms with E-state index in [0.717, 1.165) is 24.2 Å². The summed E-state index contributed by atoms with van der Waals surface area (Å²) in [6.45, 7) is 1.15. The monoisotopic (exact) mass is 242 g/mol. The van der Waals surface area contributed by atoms with Gasteiger partial charge in [-0.2, -0.15) is 0 Å². The number of nitrogens with two attached hydrogens (primary N) is 1. The summed E-state index contributed by atoms with van der Waals surface area (Å²) in [6.07, 6.45) is 2.29. The second kappa shape index (κ2) is 3.55. The molecule has 0 atom stereocenters. The van der Waals surface area contributed by atoms with Crippen LogP contribution in [0.1, 0.15) is 18.4 Å². The normalized spacial score (nSPS) is 21.1. The zero-order valence-electron chi connectivity index (χ0n) is 8.66. The second-order valence-electron chi connectivity index (χ2n) is 4.33. The van der Waals surface area contributed by atoms with E-state index in [1.165, 1.54) is 6.07 Å². The maximum atomic E-state index is 13.3. The molecule has 0 bridgehead atoms. The third kappa shape index (κ3) is 1.65. The van der Waals surface area contributed by atoms with E-state index in [-0.39, 0.29) is 5.15 Å². The molecule has 1 saturated carbocycles. The highest BCUT2D eigenvalue weighted by Crippen LogP contribution is 2.36. The Bertz CT molecular complexity index is 435. The molecule has 4 nitrogen and oxygen atoms in total. The molecule has 0 amide bonds. The van der Waals surface area contributed by atoms with Gasteiger partial charge >= 0.3 is 0 Å². The van der Waals surface area contributed by atoms with E-state index in [4.69, 9.17) is 17.4 Å². The number of anilines is 1. The molecule has 86 valence electrons. The van der Waals surface area contributed by atoms with Gasteiger partial charge < -0.3 is 4.90 Å². The summed E-state index contributed by atoms with van der Waals surface area (Å²) in [5.41, 5.74) is 0.808. The van der Waals surface area contributed by atoms with Crippen molar-refractivity contribution in [1.82, 2.24) is 9.99 Å². The Kier molecular flexibility index (Phi) is 2.27. The van der Waals surface area contributed by atoms with Crippen molar-refractivity contribution in [2.75, 3.05) is 11.6 Å².